The fourth-order valence-corrected chi connectivity index (χ4v) is 6.89. The van der Waals surface area contributed by atoms with Crippen molar-refractivity contribution in [1.82, 2.24) is 19.9 Å². The van der Waals surface area contributed by atoms with Gasteiger partial charge in [0.2, 0.25) is 0 Å². The summed E-state index contributed by atoms with van der Waals surface area (Å²) in [6.07, 6.45) is 2.73. The Balaban J connectivity index is 1.30. The number of methoxy groups -OCH3 is 1. The molecule has 1 N–H and O–H groups in total. The summed E-state index contributed by atoms with van der Waals surface area (Å²) in [4.78, 5) is 35.2. The molecule has 10 heteroatoms. The third kappa shape index (κ3) is 4.62. The van der Waals surface area contributed by atoms with Crippen LogP contribution in [0.4, 0.5) is 0 Å². The van der Waals surface area contributed by atoms with Crippen molar-refractivity contribution in [3.63, 3.8) is 0 Å². The highest BCUT2D eigenvalue weighted by atomic mass is 35.5. The maximum absolute atomic E-state index is 13.5. The van der Waals surface area contributed by atoms with Crippen molar-refractivity contribution in [1.29, 1.82) is 0 Å². The standard InChI is InChI=1S/C29H29ClN4O4S/c1-16-10-20(26-25(32-16)22(13-39-26)28(36)37-3)19-11-18(30)4-5-24(19)38-9-8-34-17(2)33-23-6-7-29(14-31-15-29)12-21(23)27(34)35/h4-5,10-11,13,31H,6-9,12,14-15H2,1-3H3. The van der Waals surface area contributed by atoms with E-state index >= 15 is 0 Å². The number of benzene rings is 1. The Morgan fingerprint density at radius 3 is 2.77 bits per heavy atom. The molecule has 0 atom stereocenters. The van der Waals surface area contributed by atoms with Crippen LogP contribution >= 0.6 is 22.9 Å². The lowest BCUT2D eigenvalue weighted by atomic mass is 9.69. The minimum absolute atomic E-state index is 0.0452. The van der Waals surface area contributed by atoms with E-state index in [1.807, 2.05) is 32.0 Å². The fourth-order valence-electron chi connectivity index (χ4n) is 5.71. The maximum Gasteiger partial charge on any atom is 0.340 e. The zero-order valence-electron chi connectivity index (χ0n) is 22.1. The number of fused-ring (bicyclic) bond motifs is 2. The molecule has 3 aromatic heterocycles. The first-order valence-electron chi connectivity index (χ1n) is 13.0. The van der Waals surface area contributed by atoms with Crippen molar-refractivity contribution in [2.45, 2.75) is 39.7 Å². The van der Waals surface area contributed by atoms with E-state index in [2.05, 4.69) is 10.3 Å². The highest BCUT2D eigenvalue weighted by Gasteiger charge is 2.41. The summed E-state index contributed by atoms with van der Waals surface area (Å²) >= 11 is 7.84. The van der Waals surface area contributed by atoms with Crippen LogP contribution in [0.3, 0.4) is 0 Å². The number of esters is 1. The zero-order valence-corrected chi connectivity index (χ0v) is 23.7. The lowest BCUT2D eigenvalue weighted by Crippen LogP contribution is -2.57. The fraction of sp³-hybridized carbons (Fsp3) is 0.379. The number of carbonyl (C=O) groups excluding carboxylic acids is 1. The van der Waals surface area contributed by atoms with Crippen LogP contribution in [0.1, 0.15) is 39.6 Å². The van der Waals surface area contributed by atoms with Gasteiger partial charge in [0, 0.05) is 45.9 Å². The van der Waals surface area contributed by atoms with Gasteiger partial charge in [0.25, 0.3) is 5.56 Å². The van der Waals surface area contributed by atoms with Crippen molar-refractivity contribution < 1.29 is 14.3 Å². The third-order valence-electron chi connectivity index (χ3n) is 7.84. The number of ether oxygens (including phenoxy) is 2. The molecule has 0 amide bonds. The molecule has 1 saturated heterocycles. The Kier molecular flexibility index (Phi) is 6.69. The largest absolute Gasteiger partial charge is 0.491 e. The molecule has 1 aromatic carbocycles. The minimum Gasteiger partial charge on any atom is -0.491 e. The van der Waals surface area contributed by atoms with Crippen molar-refractivity contribution in [2.24, 2.45) is 5.41 Å². The summed E-state index contributed by atoms with van der Waals surface area (Å²) < 4.78 is 13.8. The molecule has 1 fully saturated rings. The van der Waals surface area contributed by atoms with Crippen LogP contribution in [0.5, 0.6) is 5.75 Å². The summed E-state index contributed by atoms with van der Waals surface area (Å²) in [6, 6.07) is 7.43. The lowest BCUT2D eigenvalue weighted by molar-refractivity contribution is 0.0603. The van der Waals surface area contributed by atoms with Crippen LogP contribution in [0.25, 0.3) is 21.3 Å². The molecule has 8 nitrogen and oxygen atoms in total. The van der Waals surface area contributed by atoms with Crippen LogP contribution in [0.2, 0.25) is 5.02 Å². The van der Waals surface area contributed by atoms with E-state index in [9.17, 15) is 9.59 Å². The number of pyridine rings is 1. The topological polar surface area (TPSA) is 95.3 Å². The monoisotopic (exact) mass is 564 g/mol. The van der Waals surface area contributed by atoms with E-state index in [0.29, 0.717) is 34.2 Å². The third-order valence-corrected chi connectivity index (χ3v) is 9.08. The first-order valence-corrected chi connectivity index (χ1v) is 14.2. The van der Waals surface area contributed by atoms with Crippen LogP contribution in [0.15, 0.2) is 34.4 Å². The van der Waals surface area contributed by atoms with Gasteiger partial charge in [0.05, 0.1) is 35.1 Å². The van der Waals surface area contributed by atoms with Gasteiger partial charge in [-0.2, -0.15) is 0 Å². The zero-order chi connectivity index (χ0) is 27.3. The number of aryl methyl sites for hydroxylation is 3. The Hall–Kier alpha value is -3.27. The second-order valence-electron chi connectivity index (χ2n) is 10.4. The molecule has 0 saturated carbocycles. The van der Waals surface area contributed by atoms with E-state index in [4.69, 9.17) is 26.1 Å². The van der Waals surface area contributed by atoms with Crippen molar-refractivity contribution in [3.8, 4) is 16.9 Å². The van der Waals surface area contributed by atoms with Gasteiger partial charge in [0.15, 0.2) is 0 Å². The van der Waals surface area contributed by atoms with Gasteiger partial charge in [-0.05, 0) is 62.8 Å². The average molecular weight is 565 g/mol. The molecule has 202 valence electrons. The van der Waals surface area contributed by atoms with Gasteiger partial charge >= 0.3 is 5.97 Å². The Bertz CT molecular complexity index is 1670. The Morgan fingerprint density at radius 2 is 2.03 bits per heavy atom. The van der Waals surface area contributed by atoms with Gasteiger partial charge < -0.3 is 14.8 Å². The van der Waals surface area contributed by atoms with E-state index in [1.165, 1.54) is 18.4 Å². The van der Waals surface area contributed by atoms with Crippen molar-refractivity contribution in [3.05, 3.63) is 73.4 Å². The van der Waals surface area contributed by atoms with Gasteiger partial charge in [-0.15, -0.1) is 11.3 Å². The number of hydrogen-bond donors (Lipinski definition) is 1. The Morgan fingerprint density at radius 1 is 1.21 bits per heavy atom. The molecule has 4 aromatic rings. The average Bonchev–Trinajstić information content (AvgIpc) is 3.33. The molecule has 1 spiro atoms. The van der Waals surface area contributed by atoms with E-state index in [-0.39, 0.29) is 17.6 Å². The molecule has 0 bridgehead atoms. The molecule has 0 radical (unpaired) electrons. The quantitative estimate of drug-likeness (QED) is 0.338. The molecule has 39 heavy (non-hydrogen) atoms. The summed E-state index contributed by atoms with van der Waals surface area (Å²) in [7, 11) is 1.36. The van der Waals surface area contributed by atoms with Crippen molar-refractivity contribution in [2.75, 3.05) is 26.8 Å². The van der Waals surface area contributed by atoms with Crippen LogP contribution in [-0.4, -0.2) is 47.3 Å². The first kappa shape index (κ1) is 26.0. The summed E-state index contributed by atoms with van der Waals surface area (Å²) in [6.45, 7) is 6.37. The van der Waals surface area contributed by atoms with Crippen LogP contribution in [0, 0.1) is 19.3 Å². The number of nitrogens with zero attached hydrogens (tertiary/aromatic N) is 3. The smallest absolute Gasteiger partial charge is 0.340 e. The number of thiophene rings is 1. The first-order chi connectivity index (χ1) is 18.8. The molecule has 4 heterocycles. The minimum atomic E-state index is -0.424. The normalized spacial score (nSPS) is 15.7. The molecular formula is C29H29ClN4O4S. The number of halogens is 1. The second kappa shape index (κ2) is 10.0. The summed E-state index contributed by atoms with van der Waals surface area (Å²) in [5.74, 6) is 0.920. The van der Waals surface area contributed by atoms with E-state index in [1.54, 1.807) is 16.0 Å². The molecule has 6 rings (SSSR count). The second-order valence-corrected chi connectivity index (χ2v) is 11.8. The van der Waals surface area contributed by atoms with Crippen LogP contribution < -0.4 is 15.6 Å². The highest BCUT2D eigenvalue weighted by molar-refractivity contribution is 7.18. The molecule has 1 aliphatic heterocycles. The van der Waals surface area contributed by atoms with Gasteiger partial charge in [-0.25, -0.2) is 9.78 Å². The van der Waals surface area contributed by atoms with E-state index in [0.717, 1.165) is 65.1 Å². The maximum atomic E-state index is 13.5. The predicted octanol–water partition coefficient (Wildman–Crippen LogP) is 4.73. The number of rotatable bonds is 6. The summed E-state index contributed by atoms with van der Waals surface area (Å²) in [5.41, 5.74) is 5.51. The molecule has 1 aliphatic carbocycles. The lowest BCUT2D eigenvalue weighted by Gasteiger charge is -2.45. The van der Waals surface area contributed by atoms with Gasteiger partial charge in [0.1, 0.15) is 18.2 Å². The number of aromatic nitrogens is 3. The number of carbonyl (C=O) groups is 1. The molecule has 0 unspecified atom stereocenters. The summed E-state index contributed by atoms with van der Waals surface area (Å²) in [5, 5.41) is 5.69. The predicted molar refractivity (Wildman–Crippen MR) is 152 cm³/mol. The molecule has 2 aliphatic rings. The van der Waals surface area contributed by atoms with Gasteiger partial charge in [-0.3, -0.25) is 14.3 Å². The van der Waals surface area contributed by atoms with Crippen molar-refractivity contribution >= 4 is 39.1 Å². The van der Waals surface area contributed by atoms with Gasteiger partial charge in [-0.1, -0.05) is 11.6 Å². The van der Waals surface area contributed by atoms with E-state index < -0.39 is 5.97 Å². The Labute approximate surface area is 235 Å². The number of nitrogens with one attached hydrogen (secondary N) is 1. The van der Waals surface area contributed by atoms with Crippen LogP contribution in [-0.2, 0) is 24.1 Å². The SMILES string of the molecule is COC(=O)c1csc2c(-c3cc(Cl)ccc3OCCn3c(C)nc4c(c3=O)CC3(CC4)CNC3)cc(C)nc12. The number of hydrogen-bond acceptors (Lipinski definition) is 8. The highest BCUT2D eigenvalue weighted by Crippen LogP contribution is 2.40. The molecular weight excluding hydrogens is 536 g/mol.